The first kappa shape index (κ1) is 27.9. The third-order valence-electron chi connectivity index (χ3n) is 9.59. The second-order valence-electron chi connectivity index (χ2n) is 12.2. The van der Waals surface area contributed by atoms with Crippen LogP contribution in [0.2, 0.25) is 0 Å². The largest absolute Gasteiger partial charge is 0.289 e. The molecule has 8 aromatic rings. The Hall–Kier alpha value is -6.38. The SMILES string of the molecule is O=C1c2c(c(-c3ccccc3)c3ccccc3c2-c2ccccc2)C(=O)c2c1c(-c1ccccc1)c1ccccc1c2-c1ccccc1. The first-order chi connectivity index (χ1) is 23.7. The van der Waals surface area contributed by atoms with E-state index >= 15 is 9.59 Å². The van der Waals surface area contributed by atoms with Gasteiger partial charge in [0.2, 0.25) is 0 Å². The highest BCUT2D eigenvalue weighted by Gasteiger charge is 2.40. The summed E-state index contributed by atoms with van der Waals surface area (Å²) in [6.45, 7) is 0. The Morgan fingerprint density at radius 1 is 0.208 bits per heavy atom. The Morgan fingerprint density at radius 3 is 0.604 bits per heavy atom. The Kier molecular flexibility index (Phi) is 6.48. The van der Waals surface area contributed by atoms with Gasteiger partial charge in [-0.3, -0.25) is 9.59 Å². The molecule has 0 heterocycles. The summed E-state index contributed by atoms with van der Waals surface area (Å²) in [5, 5.41) is 3.76. The molecule has 224 valence electrons. The van der Waals surface area contributed by atoms with Gasteiger partial charge < -0.3 is 0 Å². The van der Waals surface area contributed by atoms with E-state index in [0.717, 1.165) is 66.1 Å². The average molecular weight is 613 g/mol. The monoisotopic (exact) mass is 612 g/mol. The first-order valence-electron chi connectivity index (χ1n) is 16.2. The predicted octanol–water partition coefficient (Wildman–Crippen LogP) is 11.4. The van der Waals surface area contributed by atoms with E-state index < -0.39 is 0 Å². The summed E-state index contributed by atoms with van der Waals surface area (Å²) in [5.41, 5.74) is 8.61. The third-order valence-corrected chi connectivity index (χ3v) is 9.59. The van der Waals surface area contributed by atoms with Crippen molar-refractivity contribution in [1.29, 1.82) is 0 Å². The van der Waals surface area contributed by atoms with Crippen molar-refractivity contribution in [2.75, 3.05) is 0 Å². The summed E-state index contributed by atoms with van der Waals surface area (Å²) in [6.07, 6.45) is 0. The highest BCUT2D eigenvalue weighted by atomic mass is 16.1. The van der Waals surface area contributed by atoms with Gasteiger partial charge in [-0.1, -0.05) is 170 Å². The van der Waals surface area contributed by atoms with E-state index in [1.807, 2.05) is 146 Å². The highest BCUT2D eigenvalue weighted by Crippen LogP contribution is 2.51. The van der Waals surface area contributed by atoms with Gasteiger partial charge in [-0.25, -0.2) is 0 Å². The summed E-state index contributed by atoms with van der Waals surface area (Å²) in [7, 11) is 0. The van der Waals surface area contributed by atoms with E-state index in [1.54, 1.807) is 0 Å². The Balaban J connectivity index is 1.53. The van der Waals surface area contributed by atoms with Crippen molar-refractivity contribution in [1.82, 2.24) is 0 Å². The lowest BCUT2D eigenvalue weighted by molar-refractivity contribution is 0.0981. The zero-order valence-corrected chi connectivity index (χ0v) is 26.0. The maximum atomic E-state index is 15.7. The number of carbonyl (C=O) groups excluding carboxylic acids is 2. The smallest absolute Gasteiger partial charge is 0.195 e. The van der Waals surface area contributed by atoms with E-state index in [1.165, 1.54) is 0 Å². The number of fused-ring (bicyclic) bond motifs is 4. The van der Waals surface area contributed by atoms with Crippen LogP contribution in [0.25, 0.3) is 66.1 Å². The molecule has 0 saturated heterocycles. The van der Waals surface area contributed by atoms with Crippen molar-refractivity contribution in [2.24, 2.45) is 0 Å². The fourth-order valence-corrected chi connectivity index (χ4v) is 7.65. The van der Waals surface area contributed by atoms with Gasteiger partial charge in [-0.2, -0.15) is 0 Å². The molecule has 0 atom stereocenters. The van der Waals surface area contributed by atoms with Gasteiger partial charge >= 0.3 is 0 Å². The van der Waals surface area contributed by atoms with Crippen LogP contribution in [-0.2, 0) is 0 Å². The van der Waals surface area contributed by atoms with Crippen molar-refractivity contribution in [2.45, 2.75) is 0 Å². The van der Waals surface area contributed by atoms with Crippen molar-refractivity contribution in [3.63, 3.8) is 0 Å². The zero-order chi connectivity index (χ0) is 32.2. The van der Waals surface area contributed by atoms with E-state index in [4.69, 9.17) is 0 Å². The molecule has 9 rings (SSSR count). The van der Waals surface area contributed by atoms with Gasteiger partial charge in [0.1, 0.15) is 0 Å². The van der Waals surface area contributed by atoms with E-state index in [-0.39, 0.29) is 11.6 Å². The van der Waals surface area contributed by atoms with Crippen LogP contribution in [0, 0.1) is 0 Å². The Labute approximate surface area is 278 Å². The van der Waals surface area contributed by atoms with Gasteiger partial charge in [0.15, 0.2) is 11.6 Å². The lowest BCUT2D eigenvalue weighted by Crippen LogP contribution is -2.25. The number of hydrogen-bond donors (Lipinski definition) is 0. The second kappa shape index (κ2) is 11.2. The molecular formula is C46H28O2. The molecule has 0 saturated carbocycles. The minimum Gasteiger partial charge on any atom is -0.289 e. The molecule has 0 spiro atoms. The van der Waals surface area contributed by atoms with Crippen LogP contribution >= 0.6 is 0 Å². The minimum atomic E-state index is -0.136. The molecule has 2 heteroatoms. The first-order valence-corrected chi connectivity index (χ1v) is 16.2. The summed E-state index contributed by atoms with van der Waals surface area (Å²) < 4.78 is 0. The molecule has 0 aromatic heterocycles. The van der Waals surface area contributed by atoms with Crippen LogP contribution in [0.4, 0.5) is 0 Å². The highest BCUT2D eigenvalue weighted by molar-refractivity contribution is 6.40. The predicted molar refractivity (Wildman–Crippen MR) is 197 cm³/mol. The maximum absolute atomic E-state index is 15.7. The Morgan fingerprint density at radius 2 is 0.396 bits per heavy atom. The number of rotatable bonds is 4. The standard InChI is InChI=1S/C46H28O2/c47-45-41-37(29-17-5-1-6-18-29)33-25-13-14-26-34(33)38(30-19-7-2-8-20-30)42(41)46(48)44-40(32-23-11-4-12-24-32)36-28-16-15-27-35(36)39(43(44)45)31-21-9-3-10-22-31/h1-28H. The summed E-state index contributed by atoms with van der Waals surface area (Å²) in [6, 6.07) is 56.4. The second-order valence-corrected chi connectivity index (χ2v) is 12.2. The average Bonchev–Trinajstić information content (AvgIpc) is 3.16. The molecule has 0 unspecified atom stereocenters. The maximum Gasteiger partial charge on any atom is 0.195 e. The molecule has 0 radical (unpaired) electrons. The van der Waals surface area contributed by atoms with Gasteiger partial charge in [0.25, 0.3) is 0 Å². The van der Waals surface area contributed by atoms with E-state index in [9.17, 15) is 0 Å². The molecule has 0 amide bonds. The van der Waals surface area contributed by atoms with Crippen LogP contribution < -0.4 is 0 Å². The summed E-state index contributed by atoms with van der Waals surface area (Å²) >= 11 is 0. The summed E-state index contributed by atoms with van der Waals surface area (Å²) in [4.78, 5) is 31.5. The topological polar surface area (TPSA) is 34.1 Å². The van der Waals surface area contributed by atoms with Crippen LogP contribution in [0.1, 0.15) is 31.8 Å². The molecule has 2 nitrogen and oxygen atoms in total. The molecule has 0 fully saturated rings. The lowest BCUT2D eigenvalue weighted by atomic mass is 9.70. The van der Waals surface area contributed by atoms with Crippen LogP contribution in [0.5, 0.6) is 0 Å². The van der Waals surface area contributed by atoms with Crippen LogP contribution in [0.15, 0.2) is 170 Å². The summed E-state index contributed by atoms with van der Waals surface area (Å²) in [5.74, 6) is -0.272. The zero-order valence-electron chi connectivity index (χ0n) is 26.0. The van der Waals surface area contributed by atoms with Gasteiger partial charge in [-0.05, 0) is 43.8 Å². The molecule has 0 aliphatic heterocycles. The lowest BCUT2D eigenvalue weighted by Gasteiger charge is -2.30. The van der Waals surface area contributed by atoms with Crippen molar-refractivity contribution < 1.29 is 9.59 Å². The van der Waals surface area contributed by atoms with Gasteiger partial charge in [-0.15, -0.1) is 0 Å². The quantitative estimate of drug-likeness (QED) is 0.198. The molecule has 1 aliphatic rings. The van der Waals surface area contributed by atoms with E-state index in [0.29, 0.717) is 22.3 Å². The van der Waals surface area contributed by atoms with Crippen LogP contribution in [-0.4, -0.2) is 11.6 Å². The molecule has 48 heavy (non-hydrogen) atoms. The third kappa shape index (κ3) is 4.13. The van der Waals surface area contributed by atoms with Gasteiger partial charge in [0, 0.05) is 44.5 Å². The molecule has 8 aromatic carbocycles. The number of benzene rings is 8. The molecule has 1 aliphatic carbocycles. The number of hydrogen-bond acceptors (Lipinski definition) is 2. The number of ketones is 2. The fourth-order valence-electron chi connectivity index (χ4n) is 7.65. The van der Waals surface area contributed by atoms with Crippen molar-refractivity contribution in [3.05, 3.63) is 192 Å². The van der Waals surface area contributed by atoms with Gasteiger partial charge in [0.05, 0.1) is 0 Å². The Bertz CT molecular complexity index is 2190. The molecule has 0 N–H and O–H groups in total. The fraction of sp³-hybridized carbons (Fsp3) is 0. The van der Waals surface area contributed by atoms with Crippen molar-refractivity contribution in [3.8, 4) is 44.5 Å². The van der Waals surface area contributed by atoms with Crippen LogP contribution in [0.3, 0.4) is 0 Å². The minimum absolute atomic E-state index is 0.136. The van der Waals surface area contributed by atoms with E-state index in [2.05, 4.69) is 24.3 Å². The molecule has 0 bridgehead atoms. The normalized spacial score (nSPS) is 12.2. The van der Waals surface area contributed by atoms with Crippen molar-refractivity contribution >= 4 is 33.1 Å². The molecular weight excluding hydrogens is 585 g/mol. The number of carbonyl (C=O) groups is 2.